The largest absolute Gasteiger partial charge is 0.497 e. The van der Waals surface area contributed by atoms with Gasteiger partial charge in [0.2, 0.25) is 5.91 Å². The van der Waals surface area contributed by atoms with Crippen LogP contribution in [0.15, 0.2) is 24.3 Å². The number of nitrogens with one attached hydrogen (secondary N) is 1. The zero-order valence-electron chi connectivity index (χ0n) is 12.9. The molecule has 1 saturated heterocycles. The Hall–Kier alpha value is -1.55. The van der Waals surface area contributed by atoms with Gasteiger partial charge in [-0.15, -0.1) is 0 Å². The summed E-state index contributed by atoms with van der Waals surface area (Å²) in [5.41, 5.74) is 1.38. The van der Waals surface area contributed by atoms with Gasteiger partial charge in [-0.1, -0.05) is 31.9 Å². The normalized spacial score (nSPS) is 24.6. The molecule has 0 bridgehead atoms. The number of rotatable bonds is 4. The molecule has 1 aliphatic heterocycles. The first-order chi connectivity index (χ1) is 10.1. The number of carbonyl (C=O) groups excluding carboxylic acids is 1. The second-order valence-corrected chi connectivity index (χ2v) is 6.60. The Balaban J connectivity index is 1.81. The Morgan fingerprint density at radius 3 is 2.86 bits per heavy atom. The van der Waals surface area contributed by atoms with Crippen molar-refractivity contribution in [2.45, 2.75) is 38.8 Å². The van der Waals surface area contributed by atoms with Crippen LogP contribution in [0.1, 0.15) is 44.3 Å². The van der Waals surface area contributed by atoms with Gasteiger partial charge in [-0.05, 0) is 36.0 Å². The molecular weight excluding hydrogens is 264 g/mol. The van der Waals surface area contributed by atoms with Gasteiger partial charge < -0.3 is 9.64 Å². The van der Waals surface area contributed by atoms with Crippen molar-refractivity contribution in [3.63, 3.8) is 0 Å². The van der Waals surface area contributed by atoms with E-state index in [4.69, 9.17) is 4.74 Å². The van der Waals surface area contributed by atoms with Gasteiger partial charge in [0.25, 0.3) is 0 Å². The van der Waals surface area contributed by atoms with E-state index in [0.29, 0.717) is 6.54 Å². The van der Waals surface area contributed by atoms with Crippen LogP contribution in [0.4, 0.5) is 0 Å². The van der Waals surface area contributed by atoms with Crippen molar-refractivity contribution in [1.29, 1.82) is 0 Å². The molecule has 21 heavy (non-hydrogen) atoms. The van der Waals surface area contributed by atoms with Crippen molar-refractivity contribution < 1.29 is 9.53 Å². The van der Waals surface area contributed by atoms with E-state index in [1.165, 1.54) is 25.7 Å². The molecule has 1 aromatic carbocycles. The lowest BCUT2D eigenvalue weighted by Gasteiger charge is -2.33. The first-order valence-electron chi connectivity index (χ1n) is 7.78. The van der Waals surface area contributed by atoms with Crippen LogP contribution in [-0.2, 0) is 4.79 Å². The molecule has 3 rings (SSSR count). The van der Waals surface area contributed by atoms with Gasteiger partial charge >= 0.3 is 0 Å². The standard InChI is InChI=1S/C17H24N2O2/c1-17(8-3-4-9-17)12-19-15(20)11-18-16(19)13-6-5-7-14(10-13)21-2/h5-7,10,16,18H,3-4,8-9,11-12H2,1-2H3. The fraction of sp³-hybridized carbons (Fsp3) is 0.588. The highest BCUT2D eigenvalue weighted by molar-refractivity contribution is 5.81. The number of amides is 1. The second-order valence-electron chi connectivity index (χ2n) is 6.60. The van der Waals surface area contributed by atoms with Gasteiger partial charge in [0.15, 0.2) is 0 Å². The SMILES string of the molecule is COc1cccc(C2NCC(=O)N2CC2(C)CCCC2)c1. The molecule has 1 amide bonds. The van der Waals surface area contributed by atoms with E-state index < -0.39 is 0 Å². The van der Waals surface area contributed by atoms with Gasteiger partial charge in [0.1, 0.15) is 11.9 Å². The molecule has 1 saturated carbocycles. The Kier molecular flexibility index (Phi) is 3.89. The van der Waals surface area contributed by atoms with E-state index in [9.17, 15) is 4.79 Å². The number of ether oxygens (including phenoxy) is 1. The smallest absolute Gasteiger partial charge is 0.238 e. The Morgan fingerprint density at radius 1 is 1.38 bits per heavy atom. The minimum atomic E-state index is -0.0231. The molecule has 0 radical (unpaired) electrons. The average molecular weight is 288 g/mol. The molecule has 1 aliphatic carbocycles. The van der Waals surface area contributed by atoms with Crippen molar-refractivity contribution >= 4 is 5.91 Å². The molecule has 4 nitrogen and oxygen atoms in total. The van der Waals surface area contributed by atoms with Crippen molar-refractivity contribution in [3.8, 4) is 5.75 Å². The van der Waals surface area contributed by atoms with Crippen LogP contribution in [0, 0.1) is 5.41 Å². The zero-order valence-corrected chi connectivity index (χ0v) is 12.9. The summed E-state index contributed by atoms with van der Waals surface area (Å²) in [5, 5.41) is 3.34. The minimum absolute atomic E-state index is 0.0231. The number of methoxy groups -OCH3 is 1. The molecule has 1 atom stereocenters. The summed E-state index contributed by atoms with van der Waals surface area (Å²) in [6.45, 7) is 3.59. The van der Waals surface area contributed by atoms with Crippen LogP contribution < -0.4 is 10.1 Å². The summed E-state index contributed by atoms with van der Waals surface area (Å²) < 4.78 is 5.30. The van der Waals surface area contributed by atoms with Crippen molar-refractivity contribution in [3.05, 3.63) is 29.8 Å². The third-order valence-electron chi connectivity index (χ3n) is 4.85. The molecule has 2 aliphatic rings. The number of nitrogens with zero attached hydrogens (tertiary/aromatic N) is 1. The third-order valence-corrected chi connectivity index (χ3v) is 4.85. The molecule has 114 valence electrons. The first-order valence-corrected chi connectivity index (χ1v) is 7.78. The molecule has 1 N–H and O–H groups in total. The summed E-state index contributed by atoms with van der Waals surface area (Å²) in [7, 11) is 1.67. The first kappa shape index (κ1) is 14.4. The third kappa shape index (κ3) is 2.91. The zero-order chi connectivity index (χ0) is 14.9. The summed E-state index contributed by atoms with van der Waals surface area (Å²) >= 11 is 0. The number of hydrogen-bond donors (Lipinski definition) is 1. The summed E-state index contributed by atoms with van der Waals surface area (Å²) in [5.74, 6) is 1.04. The number of carbonyl (C=O) groups is 1. The fourth-order valence-electron chi connectivity index (χ4n) is 3.63. The predicted molar refractivity (Wildman–Crippen MR) is 82.0 cm³/mol. The number of benzene rings is 1. The summed E-state index contributed by atoms with van der Waals surface area (Å²) in [6, 6.07) is 7.99. The average Bonchev–Trinajstić information content (AvgIpc) is 3.07. The van der Waals surface area contributed by atoms with E-state index in [2.05, 4.69) is 18.3 Å². The van der Waals surface area contributed by atoms with Crippen LogP contribution in [0.3, 0.4) is 0 Å². The van der Waals surface area contributed by atoms with Crippen LogP contribution in [0.5, 0.6) is 5.75 Å². The Morgan fingerprint density at radius 2 is 2.14 bits per heavy atom. The van der Waals surface area contributed by atoms with Gasteiger partial charge in [0, 0.05) is 6.54 Å². The minimum Gasteiger partial charge on any atom is -0.497 e. The van der Waals surface area contributed by atoms with Crippen molar-refractivity contribution in [2.75, 3.05) is 20.2 Å². The van der Waals surface area contributed by atoms with Crippen LogP contribution >= 0.6 is 0 Å². The summed E-state index contributed by atoms with van der Waals surface area (Å²) in [6.07, 6.45) is 5.00. The highest BCUT2D eigenvalue weighted by atomic mass is 16.5. The summed E-state index contributed by atoms with van der Waals surface area (Å²) in [4.78, 5) is 14.3. The monoisotopic (exact) mass is 288 g/mol. The van der Waals surface area contributed by atoms with E-state index in [-0.39, 0.29) is 17.5 Å². The molecule has 2 fully saturated rings. The van der Waals surface area contributed by atoms with E-state index in [0.717, 1.165) is 17.9 Å². The van der Waals surface area contributed by atoms with Crippen molar-refractivity contribution in [2.24, 2.45) is 5.41 Å². The maximum absolute atomic E-state index is 12.3. The predicted octanol–water partition coefficient (Wildman–Crippen LogP) is 2.71. The van der Waals surface area contributed by atoms with E-state index >= 15 is 0 Å². The Labute approximate surface area is 126 Å². The van der Waals surface area contributed by atoms with Gasteiger partial charge in [-0.3, -0.25) is 10.1 Å². The van der Waals surface area contributed by atoms with Gasteiger partial charge in [-0.2, -0.15) is 0 Å². The second kappa shape index (κ2) is 5.68. The topological polar surface area (TPSA) is 41.6 Å². The fourth-order valence-corrected chi connectivity index (χ4v) is 3.63. The van der Waals surface area contributed by atoms with Crippen LogP contribution in [0.25, 0.3) is 0 Å². The number of hydrogen-bond acceptors (Lipinski definition) is 3. The molecule has 0 aromatic heterocycles. The molecule has 4 heteroatoms. The van der Waals surface area contributed by atoms with Gasteiger partial charge in [0.05, 0.1) is 13.7 Å². The van der Waals surface area contributed by atoms with Crippen LogP contribution in [0.2, 0.25) is 0 Å². The van der Waals surface area contributed by atoms with E-state index in [1.807, 2.05) is 23.1 Å². The Bertz CT molecular complexity index is 523. The van der Waals surface area contributed by atoms with Gasteiger partial charge in [-0.25, -0.2) is 0 Å². The molecule has 0 spiro atoms. The lowest BCUT2D eigenvalue weighted by Crippen LogP contribution is -2.38. The lowest BCUT2D eigenvalue weighted by molar-refractivity contribution is -0.129. The van der Waals surface area contributed by atoms with Crippen molar-refractivity contribution in [1.82, 2.24) is 10.2 Å². The quantitative estimate of drug-likeness (QED) is 0.926. The maximum Gasteiger partial charge on any atom is 0.238 e. The molecule has 1 unspecified atom stereocenters. The van der Waals surface area contributed by atoms with E-state index in [1.54, 1.807) is 7.11 Å². The highest BCUT2D eigenvalue weighted by Gasteiger charge is 2.38. The highest BCUT2D eigenvalue weighted by Crippen LogP contribution is 2.40. The molecule has 1 heterocycles. The lowest BCUT2D eigenvalue weighted by atomic mass is 9.88. The van der Waals surface area contributed by atoms with Crippen LogP contribution in [-0.4, -0.2) is 31.0 Å². The molecule has 1 aromatic rings. The maximum atomic E-state index is 12.3. The molecular formula is C17H24N2O2.